The van der Waals surface area contributed by atoms with Crippen LogP contribution in [0.1, 0.15) is 43.4 Å². The lowest BCUT2D eigenvalue weighted by Gasteiger charge is -2.41. The fourth-order valence-electron chi connectivity index (χ4n) is 2.95. The summed E-state index contributed by atoms with van der Waals surface area (Å²) in [5.74, 6) is -0.985. The molecule has 1 aliphatic rings. The van der Waals surface area contributed by atoms with Crippen molar-refractivity contribution in [3.63, 3.8) is 0 Å². The highest BCUT2D eigenvalue weighted by molar-refractivity contribution is 7.10. The van der Waals surface area contributed by atoms with E-state index in [0.29, 0.717) is 30.7 Å². The van der Waals surface area contributed by atoms with Crippen LogP contribution in [0.25, 0.3) is 0 Å². The van der Waals surface area contributed by atoms with Gasteiger partial charge in [-0.1, -0.05) is 30.9 Å². The van der Waals surface area contributed by atoms with E-state index in [1.54, 1.807) is 7.05 Å². The zero-order valence-corrected chi connectivity index (χ0v) is 13.7. The fraction of sp³-hybridized carbons (Fsp3) is 0.600. The SMILES string of the molecule is CN(C(=O)CCc1cc(Cl)cs1)C1(C(=O)O)CCCCC1. The van der Waals surface area contributed by atoms with Crippen molar-refractivity contribution < 1.29 is 14.7 Å². The zero-order valence-electron chi connectivity index (χ0n) is 12.1. The molecule has 0 unspecified atom stereocenters. The van der Waals surface area contributed by atoms with Gasteiger partial charge in [0, 0.05) is 23.7 Å². The van der Waals surface area contributed by atoms with Gasteiger partial charge in [-0.05, 0) is 25.3 Å². The normalized spacial score (nSPS) is 17.4. The summed E-state index contributed by atoms with van der Waals surface area (Å²) in [4.78, 5) is 26.6. The van der Waals surface area contributed by atoms with Crippen molar-refractivity contribution in [1.82, 2.24) is 4.90 Å². The highest BCUT2D eigenvalue weighted by atomic mass is 35.5. The largest absolute Gasteiger partial charge is 0.479 e. The fourth-order valence-corrected chi connectivity index (χ4v) is 4.03. The topological polar surface area (TPSA) is 57.6 Å². The molecule has 0 aliphatic heterocycles. The summed E-state index contributed by atoms with van der Waals surface area (Å²) in [5.41, 5.74) is -1.01. The summed E-state index contributed by atoms with van der Waals surface area (Å²) in [6, 6.07) is 1.85. The first-order valence-electron chi connectivity index (χ1n) is 7.19. The minimum Gasteiger partial charge on any atom is -0.479 e. The van der Waals surface area contributed by atoms with Crippen molar-refractivity contribution in [2.24, 2.45) is 0 Å². The number of halogens is 1. The standard InChI is InChI=1S/C15H20ClNO3S/c1-17(15(14(19)20)7-3-2-4-8-15)13(18)6-5-12-9-11(16)10-21-12/h9-10H,2-8H2,1H3,(H,19,20). The molecule has 1 saturated carbocycles. The second-order valence-electron chi connectivity index (χ2n) is 5.58. The molecule has 116 valence electrons. The molecule has 1 aliphatic carbocycles. The minimum atomic E-state index is -1.01. The molecule has 1 aromatic rings. The van der Waals surface area contributed by atoms with Crippen molar-refractivity contribution in [3.05, 3.63) is 21.3 Å². The molecular formula is C15H20ClNO3S. The molecule has 1 fully saturated rings. The predicted octanol–water partition coefficient (Wildman–Crippen LogP) is 3.58. The quantitative estimate of drug-likeness (QED) is 0.898. The number of hydrogen-bond acceptors (Lipinski definition) is 3. The lowest BCUT2D eigenvalue weighted by Crippen LogP contribution is -2.56. The number of hydrogen-bond donors (Lipinski definition) is 1. The van der Waals surface area contributed by atoms with Gasteiger partial charge in [-0.3, -0.25) is 4.79 Å². The maximum atomic E-state index is 12.4. The number of carboxylic acid groups (broad SMARTS) is 1. The molecule has 1 amide bonds. The summed E-state index contributed by atoms with van der Waals surface area (Å²) in [7, 11) is 1.63. The molecule has 1 aromatic heterocycles. The van der Waals surface area contributed by atoms with Gasteiger partial charge in [0.2, 0.25) is 5.91 Å². The van der Waals surface area contributed by atoms with Crippen LogP contribution in [0.5, 0.6) is 0 Å². The first-order valence-corrected chi connectivity index (χ1v) is 8.44. The third-order valence-electron chi connectivity index (χ3n) is 4.30. The Morgan fingerprint density at radius 2 is 2.05 bits per heavy atom. The Balaban J connectivity index is 2.01. The first-order chi connectivity index (χ1) is 9.95. The van der Waals surface area contributed by atoms with Gasteiger partial charge in [-0.15, -0.1) is 11.3 Å². The Kier molecular flexibility index (Phi) is 5.27. The average Bonchev–Trinajstić information content (AvgIpc) is 2.90. The molecule has 0 saturated heterocycles. The molecule has 0 bridgehead atoms. The Bertz CT molecular complexity index is 523. The van der Waals surface area contributed by atoms with Crippen molar-refractivity contribution in [3.8, 4) is 0 Å². The van der Waals surface area contributed by atoms with E-state index in [1.165, 1.54) is 16.2 Å². The summed E-state index contributed by atoms with van der Waals surface area (Å²) in [6.45, 7) is 0. The number of nitrogens with zero attached hydrogens (tertiary/aromatic N) is 1. The summed E-state index contributed by atoms with van der Waals surface area (Å²) in [6.07, 6.45) is 4.81. The third kappa shape index (κ3) is 3.58. The lowest BCUT2D eigenvalue weighted by molar-refractivity contribution is -0.160. The second kappa shape index (κ2) is 6.79. The number of thiophene rings is 1. The maximum Gasteiger partial charge on any atom is 0.329 e. The third-order valence-corrected chi connectivity index (χ3v) is 5.65. The van der Waals surface area contributed by atoms with Crippen LogP contribution >= 0.6 is 22.9 Å². The maximum absolute atomic E-state index is 12.4. The van der Waals surface area contributed by atoms with E-state index in [-0.39, 0.29) is 5.91 Å². The molecule has 6 heteroatoms. The monoisotopic (exact) mass is 329 g/mol. The average molecular weight is 330 g/mol. The molecule has 0 spiro atoms. The molecule has 4 nitrogen and oxygen atoms in total. The van der Waals surface area contributed by atoms with Crippen LogP contribution in [-0.2, 0) is 16.0 Å². The molecule has 0 atom stereocenters. The first kappa shape index (κ1) is 16.3. The van der Waals surface area contributed by atoms with Crippen molar-refractivity contribution in [1.29, 1.82) is 0 Å². The molecule has 0 radical (unpaired) electrons. The van der Waals surface area contributed by atoms with Crippen molar-refractivity contribution >= 4 is 34.8 Å². The van der Waals surface area contributed by atoms with Crippen LogP contribution in [0.4, 0.5) is 0 Å². The van der Waals surface area contributed by atoms with Crippen LogP contribution < -0.4 is 0 Å². The Labute approximate surface area is 133 Å². The van der Waals surface area contributed by atoms with E-state index >= 15 is 0 Å². The predicted molar refractivity (Wildman–Crippen MR) is 83.9 cm³/mol. The number of aliphatic carboxylic acids is 1. The lowest BCUT2D eigenvalue weighted by atomic mass is 9.80. The second-order valence-corrected chi connectivity index (χ2v) is 7.01. The van der Waals surface area contributed by atoms with Crippen LogP contribution in [0.15, 0.2) is 11.4 Å². The molecule has 2 rings (SSSR count). The highest BCUT2D eigenvalue weighted by Crippen LogP contribution is 2.34. The van der Waals surface area contributed by atoms with E-state index in [0.717, 1.165) is 24.1 Å². The minimum absolute atomic E-state index is 0.108. The summed E-state index contributed by atoms with van der Waals surface area (Å²) >= 11 is 7.39. The van der Waals surface area contributed by atoms with Crippen LogP contribution in [0, 0.1) is 0 Å². The van der Waals surface area contributed by atoms with Crippen molar-refractivity contribution in [2.45, 2.75) is 50.5 Å². The smallest absolute Gasteiger partial charge is 0.329 e. The van der Waals surface area contributed by atoms with Gasteiger partial charge < -0.3 is 10.0 Å². The zero-order chi connectivity index (χ0) is 15.5. The van der Waals surface area contributed by atoms with Gasteiger partial charge >= 0.3 is 5.97 Å². The molecule has 21 heavy (non-hydrogen) atoms. The number of aryl methyl sites for hydroxylation is 1. The van der Waals surface area contributed by atoms with E-state index in [1.807, 2.05) is 11.4 Å². The Hall–Kier alpha value is -1.07. The van der Waals surface area contributed by atoms with Crippen molar-refractivity contribution in [2.75, 3.05) is 7.05 Å². The number of carbonyl (C=O) groups excluding carboxylic acids is 1. The van der Waals surface area contributed by atoms with Gasteiger partial charge in [0.05, 0.1) is 5.02 Å². The number of carbonyl (C=O) groups is 2. The number of carboxylic acids is 1. The Morgan fingerprint density at radius 3 is 2.57 bits per heavy atom. The summed E-state index contributed by atoms with van der Waals surface area (Å²) < 4.78 is 0. The highest BCUT2D eigenvalue weighted by Gasteiger charge is 2.45. The molecule has 1 heterocycles. The van der Waals surface area contributed by atoms with E-state index in [9.17, 15) is 14.7 Å². The van der Waals surface area contributed by atoms with Crippen LogP contribution in [0.3, 0.4) is 0 Å². The summed E-state index contributed by atoms with van der Waals surface area (Å²) in [5, 5.41) is 12.1. The number of amides is 1. The van der Waals surface area contributed by atoms with Gasteiger partial charge in [0.25, 0.3) is 0 Å². The number of rotatable bonds is 5. The van der Waals surface area contributed by atoms with Gasteiger partial charge in [-0.2, -0.15) is 0 Å². The Morgan fingerprint density at radius 1 is 1.38 bits per heavy atom. The van der Waals surface area contributed by atoms with Crippen LogP contribution in [0.2, 0.25) is 5.02 Å². The van der Waals surface area contributed by atoms with E-state index in [2.05, 4.69) is 0 Å². The van der Waals surface area contributed by atoms with Crippen LogP contribution in [-0.4, -0.2) is 34.5 Å². The molecule has 1 N–H and O–H groups in total. The molecule has 0 aromatic carbocycles. The van der Waals surface area contributed by atoms with Gasteiger partial charge in [0.1, 0.15) is 5.54 Å². The van der Waals surface area contributed by atoms with E-state index < -0.39 is 11.5 Å². The number of likely N-dealkylation sites (N-methyl/N-ethyl adjacent to an activating group) is 1. The van der Waals surface area contributed by atoms with Gasteiger partial charge in [0.15, 0.2) is 0 Å². The molecular weight excluding hydrogens is 310 g/mol. The van der Waals surface area contributed by atoms with Gasteiger partial charge in [-0.25, -0.2) is 4.79 Å². The van der Waals surface area contributed by atoms with E-state index in [4.69, 9.17) is 11.6 Å².